The van der Waals surface area contributed by atoms with Gasteiger partial charge in [-0.25, -0.2) is 0 Å². The molecule has 0 aliphatic heterocycles. The van der Waals surface area contributed by atoms with Crippen LogP contribution in [-0.4, -0.2) is 25.5 Å². The Kier molecular flexibility index (Phi) is 8.88. The van der Waals surface area contributed by atoms with Crippen molar-refractivity contribution in [1.82, 2.24) is 5.32 Å². The second kappa shape index (κ2) is 12.3. The van der Waals surface area contributed by atoms with E-state index in [1.807, 2.05) is 61.5 Å². The minimum Gasteiger partial charge on any atom is -0.493 e. The third kappa shape index (κ3) is 7.36. The summed E-state index contributed by atoms with van der Waals surface area (Å²) in [4.78, 5) is 24.8. The Labute approximate surface area is 208 Å². The van der Waals surface area contributed by atoms with Gasteiger partial charge in [0.05, 0.1) is 12.1 Å². The van der Waals surface area contributed by atoms with Crippen molar-refractivity contribution in [2.75, 3.05) is 19.0 Å². The molecule has 0 radical (unpaired) electrons. The van der Waals surface area contributed by atoms with Crippen LogP contribution >= 0.6 is 11.6 Å². The predicted molar refractivity (Wildman–Crippen MR) is 135 cm³/mol. The van der Waals surface area contributed by atoms with Gasteiger partial charge in [-0.15, -0.1) is 0 Å². The van der Waals surface area contributed by atoms with Crippen LogP contribution < -0.4 is 20.1 Å². The van der Waals surface area contributed by atoms with Gasteiger partial charge in [-0.05, 0) is 54.0 Å². The van der Waals surface area contributed by atoms with E-state index in [0.29, 0.717) is 17.8 Å². The van der Waals surface area contributed by atoms with E-state index in [0.717, 1.165) is 11.1 Å². The van der Waals surface area contributed by atoms with Gasteiger partial charge < -0.3 is 20.1 Å². The summed E-state index contributed by atoms with van der Waals surface area (Å²) in [5, 5.41) is 15.1. The largest absolute Gasteiger partial charge is 0.493 e. The molecule has 2 amide bonds. The van der Waals surface area contributed by atoms with Gasteiger partial charge in [-0.3, -0.25) is 9.59 Å². The number of nitriles is 1. The van der Waals surface area contributed by atoms with Gasteiger partial charge >= 0.3 is 0 Å². The number of nitrogens with zero attached hydrogens (tertiary/aromatic N) is 1. The summed E-state index contributed by atoms with van der Waals surface area (Å²) < 4.78 is 11.0. The van der Waals surface area contributed by atoms with Crippen molar-refractivity contribution in [3.8, 4) is 17.6 Å². The van der Waals surface area contributed by atoms with Crippen LogP contribution in [0.25, 0.3) is 6.08 Å². The Morgan fingerprint density at radius 2 is 1.86 bits per heavy atom. The summed E-state index contributed by atoms with van der Waals surface area (Å²) in [5.74, 6) is -0.439. The molecule has 0 spiro atoms. The molecule has 2 N–H and O–H groups in total. The number of amides is 2. The number of hydrogen-bond donors (Lipinski definition) is 2. The van der Waals surface area contributed by atoms with Gasteiger partial charge in [-0.2, -0.15) is 5.26 Å². The molecule has 178 valence electrons. The number of nitrogens with one attached hydrogen (secondary N) is 2. The Morgan fingerprint density at radius 3 is 2.54 bits per heavy atom. The number of carbonyl (C=O) groups is 2. The van der Waals surface area contributed by atoms with Gasteiger partial charge in [0.1, 0.15) is 11.6 Å². The van der Waals surface area contributed by atoms with E-state index in [9.17, 15) is 14.9 Å². The number of rotatable bonds is 9. The number of methoxy groups -OCH3 is 1. The lowest BCUT2D eigenvalue weighted by Gasteiger charge is -2.14. The molecule has 8 heteroatoms. The van der Waals surface area contributed by atoms with Crippen molar-refractivity contribution in [2.45, 2.75) is 13.5 Å². The number of carbonyl (C=O) groups excluding carboxylic acids is 2. The number of anilines is 1. The average molecular weight is 490 g/mol. The van der Waals surface area contributed by atoms with E-state index < -0.39 is 5.91 Å². The number of halogens is 1. The fourth-order valence-corrected chi connectivity index (χ4v) is 3.48. The smallest absolute Gasteiger partial charge is 0.262 e. The van der Waals surface area contributed by atoms with Gasteiger partial charge in [-0.1, -0.05) is 54.1 Å². The molecule has 0 aliphatic rings. The predicted octanol–water partition coefficient (Wildman–Crippen LogP) is 4.90. The lowest BCUT2D eigenvalue weighted by atomic mass is 10.1. The van der Waals surface area contributed by atoms with E-state index in [2.05, 4.69) is 10.6 Å². The zero-order valence-corrected chi connectivity index (χ0v) is 20.1. The standard InChI is InChI=1S/C27H24ClN3O4/c1-18-7-6-10-22(11-18)31-25(32)17-35-26-23(28)13-20(14-24(26)34-2)12-21(15-29)27(33)30-16-19-8-4-3-5-9-19/h3-14H,16-17H2,1-2H3,(H,30,33)(H,31,32)/b21-12+. The Morgan fingerprint density at radius 1 is 1.09 bits per heavy atom. The quantitative estimate of drug-likeness (QED) is 0.329. The fourth-order valence-electron chi connectivity index (χ4n) is 3.21. The molecule has 0 saturated heterocycles. The summed E-state index contributed by atoms with van der Waals surface area (Å²) >= 11 is 6.38. The van der Waals surface area contributed by atoms with Crippen molar-refractivity contribution in [3.63, 3.8) is 0 Å². The maximum absolute atomic E-state index is 12.5. The summed E-state index contributed by atoms with van der Waals surface area (Å²) in [6.45, 7) is 1.93. The summed E-state index contributed by atoms with van der Waals surface area (Å²) in [7, 11) is 1.43. The lowest BCUT2D eigenvalue weighted by Crippen LogP contribution is -2.23. The van der Waals surface area contributed by atoms with Crippen molar-refractivity contribution >= 4 is 35.2 Å². The maximum atomic E-state index is 12.5. The summed E-state index contributed by atoms with van der Waals surface area (Å²) in [5.41, 5.74) is 2.96. The van der Waals surface area contributed by atoms with E-state index in [1.165, 1.54) is 19.3 Å². The third-order valence-corrected chi connectivity index (χ3v) is 5.15. The van der Waals surface area contributed by atoms with Crippen molar-refractivity contribution < 1.29 is 19.1 Å². The molecule has 3 aromatic rings. The normalized spacial score (nSPS) is 10.7. The first kappa shape index (κ1) is 25.3. The SMILES string of the molecule is COc1cc(/C=C(\C#N)C(=O)NCc2ccccc2)cc(Cl)c1OCC(=O)Nc1cccc(C)c1. The van der Waals surface area contributed by atoms with E-state index in [4.69, 9.17) is 21.1 Å². The Bertz CT molecular complexity index is 1280. The number of hydrogen-bond acceptors (Lipinski definition) is 5. The molecule has 0 aromatic heterocycles. The average Bonchev–Trinajstić information content (AvgIpc) is 2.85. The topological polar surface area (TPSA) is 100 Å². The van der Waals surface area contributed by atoms with Gasteiger partial charge in [0.2, 0.25) is 0 Å². The Balaban J connectivity index is 1.69. The first-order valence-electron chi connectivity index (χ1n) is 10.7. The molecule has 0 atom stereocenters. The van der Waals surface area contributed by atoms with Crippen molar-refractivity contribution in [2.24, 2.45) is 0 Å². The van der Waals surface area contributed by atoms with Crippen LogP contribution in [0.15, 0.2) is 72.3 Å². The molecular formula is C27H24ClN3O4. The minimum atomic E-state index is -0.514. The molecule has 3 rings (SSSR count). The molecule has 0 unspecified atom stereocenters. The van der Waals surface area contributed by atoms with Crippen LogP contribution in [0.4, 0.5) is 5.69 Å². The van der Waals surface area contributed by atoms with Crippen molar-refractivity contribution in [1.29, 1.82) is 5.26 Å². The molecule has 7 nitrogen and oxygen atoms in total. The molecule has 0 heterocycles. The summed E-state index contributed by atoms with van der Waals surface area (Å²) in [6.07, 6.45) is 1.41. The zero-order valence-electron chi connectivity index (χ0n) is 19.3. The number of ether oxygens (including phenoxy) is 2. The Hall–Kier alpha value is -4.28. The zero-order chi connectivity index (χ0) is 25.2. The molecule has 0 aliphatic carbocycles. The van der Waals surface area contributed by atoms with Crippen molar-refractivity contribution in [3.05, 3.63) is 94.0 Å². The van der Waals surface area contributed by atoms with Crippen LogP contribution in [0.5, 0.6) is 11.5 Å². The summed E-state index contributed by atoms with van der Waals surface area (Å²) in [6, 6.07) is 21.8. The molecule has 3 aromatic carbocycles. The van der Waals surface area contributed by atoms with Gasteiger partial charge in [0.15, 0.2) is 18.1 Å². The highest BCUT2D eigenvalue weighted by molar-refractivity contribution is 6.32. The fraction of sp³-hybridized carbons (Fsp3) is 0.148. The second-order valence-electron chi connectivity index (χ2n) is 7.58. The second-order valence-corrected chi connectivity index (χ2v) is 7.99. The monoisotopic (exact) mass is 489 g/mol. The lowest BCUT2D eigenvalue weighted by molar-refractivity contribution is -0.118. The van der Waals surface area contributed by atoms with Crippen LogP contribution in [0.3, 0.4) is 0 Å². The molecule has 0 saturated carbocycles. The first-order chi connectivity index (χ1) is 16.9. The molecular weight excluding hydrogens is 466 g/mol. The number of aryl methyl sites for hydroxylation is 1. The van der Waals surface area contributed by atoms with Gasteiger partial charge in [0.25, 0.3) is 11.8 Å². The van der Waals surface area contributed by atoms with Crippen LogP contribution in [0.1, 0.15) is 16.7 Å². The highest BCUT2D eigenvalue weighted by atomic mass is 35.5. The van der Waals surface area contributed by atoms with E-state index in [1.54, 1.807) is 12.1 Å². The highest BCUT2D eigenvalue weighted by Gasteiger charge is 2.15. The van der Waals surface area contributed by atoms with E-state index in [-0.39, 0.29) is 34.6 Å². The minimum absolute atomic E-state index is 0.0924. The van der Waals surface area contributed by atoms with E-state index >= 15 is 0 Å². The highest BCUT2D eigenvalue weighted by Crippen LogP contribution is 2.37. The maximum Gasteiger partial charge on any atom is 0.262 e. The molecule has 0 fully saturated rings. The molecule has 35 heavy (non-hydrogen) atoms. The molecule has 0 bridgehead atoms. The van der Waals surface area contributed by atoms with Crippen LogP contribution in [0.2, 0.25) is 5.02 Å². The van der Waals surface area contributed by atoms with Gasteiger partial charge in [0, 0.05) is 12.2 Å². The third-order valence-electron chi connectivity index (χ3n) is 4.87. The first-order valence-corrected chi connectivity index (χ1v) is 11.1. The number of benzene rings is 3. The van der Waals surface area contributed by atoms with Crippen LogP contribution in [0, 0.1) is 18.3 Å². The van der Waals surface area contributed by atoms with Crippen LogP contribution in [-0.2, 0) is 16.1 Å².